The van der Waals surface area contributed by atoms with Gasteiger partial charge in [-0.2, -0.15) is 0 Å². The van der Waals surface area contributed by atoms with Crippen LogP contribution in [-0.4, -0.2) is 49.1 Å². The standard InChI is InChI=1S/C26H33N3O6/c1-4-34-25(32)21(15-19-11-7-5-8-12-19)28-24(31)23(18(2)3)29-22(30)16-27-26(33)35-17-20-13-9-6-10-14-20/h5-14,18,21,23H,4,15-17H2,1-3H3,(H,27,33)(H,28,31)(H,29,30). The van der Waals surface area contributed by atoms with E-state index in [0.717, 1.165) is 11.1 Å². The Hall–Kier alpha value is -3.88. The number of carbonyl (C=O) groups is 4. The molecule has 0 fully saturated rings. The first-order chi connectivity index (χ1) is 16.8. The predicted octanol–water partition coefficient (Wildman–Crippen LogP) is 2.34. The summed E-state index contributed by atoms with van der Waals surface area (Å²) in [4.78, 5) is 49.7. The third-order valence-corrected chi connectivity index (χ3v) is 5.04. The maximum atomic E-state index is 13.0. The third kappa shape index (κ3) is 9.87. The number of carbonyl (C=O) groups excluding carboxylic acids is 4. The highest BCUT2D eigenvalue weighted by atomic mass is 16.5. The van der Waals surface area contributed by atoms with Gasteiger partial charge in [0, 0.05) is 6.42 Å². The molecule has 2 rings (SSSR count). The monoisotopic (exact) mass is 483 g/mol. The maximum absolute atomic E-state index is 13.0. The van der Waals surface area contributed by atoms with E-state index in [0.29, 0.717) is 0 Å². The largest absolute Gasteiger partial charge is 0.464 e. The highest BCUT2D eigenvalue weighted by Crippen LogP contribution is 2.08. The number of ether oxygens (including phenoxy) is 2. The fraction of sp³-hybridized carbons (Fsp3) is 0.385. The highest BCUT2D eigenvalue weighted by Gasteiger charge is 2.29. The molecule has 2 aromatic carbocycles. The molecule has 9 nitrogen and oxygen atoms in total. The maximum Gasteiger partial charge on any atom is 0.407 e. The van der Waals surface area contributed by atoms with Crippen molar-refractivity contribution < 1.29 is 28.7 Å². The number of hydrogen-bond acceptors (Lipinski definition) is 6. The molecule has 3 amide bonds. The van der Waals surface area contributed by atoms with Crippen molar-refractivity contribution >= 4 is 23.9 Å². The topological polar surface area (TPSA) is 123 Å². The number of rotatable bonds is 12. The fourth-order valence-corrected chi connectivity index (χ4v) is 3.23. The van der Waals surface area contributed by atoms with Crippen LogP contribution in [0.15, 0.2) is 60.7 Å². The molecule has 0 saturated heterocycles. The lowest BCUT2D eigenvalue weighted by molar-refractivity contribution is -0.147. The summed E-state index contributed by atoms with van der Waals surface area (Å²) in [5, 5.41) is 7.68. The Morgan fingerprint density at radius 2 is 1.43 bits per heavy atom. The van der Waals surface area contributed by atoms with Crippen LogP contribution < -0.4 is 16.0 Å². The van der Waals surface area contributed by atoms with E-state index >= 15 is 0 Å². The van der Waals surface area contributed by atoms with E-state index in [2.05, 4.69) is 16.0 Å². The zero-order valence-corrected chi connectivity index (χ0v) is 20.3. The summed E-state index contributed by atoms with van der Waals surface area (Å²) in [6.07, 6.45) is -0.501. The second-order valence-corrected chi connectivity index (χ2v) is 8.21. The number of benzene rings is 2. The van der Waals surface area contributed by atoms with E-state index in [1.807, 2.05) is 60.7 Å². The number of alkyl carbamates (subject to hydrolysis) is 1. The number of esters is 1. The Morgan fingerprint density at radius 1 is 0.829 bits per heavy atom. The lowest BCUT2D eigenvalue weighted by atomic mass is 10.0. The average Bonchev–Trinajstić information content (AvgIpc) is 2.85. The van der Waals surface area contributed by atoms with Crippen molar-refractivity contribution in [2.24, 2.45) is 5.92 Å². The second-order valence-electron chi connectivity index (χ2n) is 8.21. The SMILES string of the molecule is CCOC(=O)C(Cc1ccccc1)NC(=O)C(NC(=O)CNC(=O)OCc1ccccc1)C(C)C. The van der Waals surface area contributed by atoms with E-state index in [-0.39, 0.29) is 32.1 Å². The summed E-state index contributed by atoms with van der Waals surface area (Å²) in [5.41, 5.74) is 1.67. The van der Waals surface area contributed by atoms with Gasteiger partial charge < -0.3 is 25.4 Å². The van der Waals surface area contributed by atoms with Gasteiger partial charge >= 0.3 is 12.1 Å². The highest BCUT2D eigenvalue weighted by molar-refractivity contribution is 5.92. The minimum Gasteiger partial charge on any atom is -0.464 e. The van der Waals surface area contributed by atoms with Gasteiger partial charge in [-0.1, -0.05) is 74.5 Å². The average molecular weight is 484 g/mol. The van der Waals surface area contributed by atoms with E-state index in [1.54, 1.807) is 20.8 Å². The van der Waals surface area contributed by atoms with Gasteiger partial charge in [0.05, 0.1) is 6.61 Å². The van der Waals surface area contributed by atoms with Crippen molar-refractivity contribution in [3.8, 4) is 0 Å². The Bertz CT molecular complexity index is 966. The van der Waals surface area contributed by atoms with Gasteiger partial charge in [0.25, 0.3) is 0 Å². The van der Waals surface area contributed by atoms with Crippen LogP contribution in [0, 0.1) is 5.92 Å². The van der Waals surface area contributed by atoms with Crippen molar-refractivity contribution in [1.29, 1.82) is 0 Å². The Kier molecular flexibility index (Phi) is 11.3. The first-order valence-electron chi connectivity index (χ1n) is 11.5. The van der Waals surface area contributed by atoms with Crippen LogP contribution in [0.3, 0.4) is 0 Å². The molecular formula is C26H33N3O6. The van der Waals surface area contributed by atoms with Crippen molar-refractivity contribution in [3.63, 3.8) is 0 Å². The van der Waals surface area contributed by atoms with Crippen molar-refractivity contribution in [3.05, 3.63) is 71.8 Å². The van der Waals surface area contributed by atoms with Crippen molar-refractivity contribution in [2.75, 3.05) is 13.2 Å². The van der Waals surface area contributed by atoms with Gasteiger partial charge in [0.15, 0.2) is 0 Å². The summed E-state index contributed by atoms with van der Waals surface area (Å²) in [6, 6.07) is 16.5. The molecule has 0 aliphatic rings. The molecule has 0 heterocycles. The lowest BCUT2D eigenvalue weighted by Crippen LogP contribution is -2.55. The molecule has 0 bridgehead atoms. The molecule has 0 aliphatic carbocycles. The van der Waals surface area contributed by atoms with Crippen LogP contribution in [0.1, 0.15) is 31.9 Å². The second kappa shape index (κ2) is 14.4. The first-order valence-corrected chi connectivity index (χ1v) is 11.5. The Balaban J connectivity index is 1.91. The van der Waals surface area contributed by atoms with E-state index in [1.165, 1.54) is 0 Å². The van der Waals surface area contributed by atoms with Gasteiger partial charge in [-0.25, -0.2) is 9.59 Å². The first kappa shape index (κ1) is 27.4. The molecule has 9 heteroatoms. The van der Waals surface area contributed by atoms with Gasteiger partial charge in [0.2, 0.25) is 11.8 Å². The van der Waals surface area contributed by atoms with Crippen LogP contribution in [-0.2, 0) is 36.9 Å². The van der Waals surface area contributed by atoms with E-state index in [9.17, 15) is 19.2 Å². The van der Waals surface area contributed by atoms with Crippen molar-refractivity contribution in [2.45, 2.75) is 45.9 Å². The zero-order valence-electron chi connectivity index (χ0n) is 20.3. The van der Waals surface area contributed by atoms with Crippen LogP contribution >= 0.6 is 0 Å². The van der Waals surface area contributed by atoms with Crippen LogP contribution in [0.4, 0.5) is 4.79 Å². The van der Waals surface area contributed by atoms with Crippen molar-refractivity contribution in [1.82, 2.24) is 16.0 Å². The van der Waals surface area contributed by atoms with Gasteiger partial charge in [-0.3, -0.25) is 9.59 Å². The molecule has 0 aromatic heterocycles. The zero-order chi connectivity index (χ0) is 25.6. The molecule has 35 heavy (non-hydrogen) atoms. The van der Waals surface area contributed by atoms with Crippen LogP contribution in [0.25, 0.3) is 0 Å². The third-order valence-electron chi connectivity index (χ3n) is 5.04. The van der Waals surface area contributed by atoms with E-state index in [4.69, 9.17) is 9.47 Å². The Morgan fingerprint density at radius 3 is 2.00 bits per heavy atom. The Labute approximate surface area is 205 Å². The molecule has 0 aliphatic heterocycles. The number of hydrogen-bond donors (Lipinski definition) is 3. The minimum atomic E-state index is -0.919. The molecule has 3 N–H and O–H groups in total. The molecule has 0 saturated carbocycles. The van der Waals surface area contributed by atoms with Gasteiger partial charge in [-0.05, 0) is 24.0 Å². The van der Waals surface area contributed by atoms with E-state index < -0.39 is 36.0 Å². The fourth-order valence-electron chi connectivity index (χ4n) is 3.23. The molecule has 0 radical (unpaired) electrons. The smallest absolute Gasteiger partial charge is 0.407 e. The summed E-state index contributed by atoms with van der Waals surface area (Å²) < 4.78 is 10.2. The molecule has 0 spiro atoms. The normalized spacial score (nSPS) is 12.2. The summed E-state index contributed by atoms with van der Waals surface area (Å²) >= 11 is 0. The quantitative estimate of drug-likeness (QED) is 0.398. The lowest BCUT2D eigenvalue weighted by Gasteiger charge is -2.25. The summed E-state index contributed by atoms with van der Waals surface area (Å²) in [5.74, 6) is -1.91. The van der Waals surface area contributed by atoms with Gasteiger partial charge in [-0.15, -0.1) is 0 Å². The molecule has 2 unspecified atom stereocenters. The summed E-state index contributed by atoms with van der Waals surface area (Å²) in [6.45, 7) is 5.10. The molecule has 2 atom stereocenters. The number of amides is 3. The van der Waals surface area contributed by atoms with Gasteiger partial charge in [0.1, 0.15) is 25.2 Å². The molecular weight excluding hydrogens is 450 g/mol. The van der Waals surface area contributed by atoms with Crippen LogP contribution in [0.5, 0.6) is 0 Å². The predicted molar refractivity (Wildman–Crippen MR) is 130 cm³/mol. The summed E-state index contributed by atoms with van der Waals surface area (Å²) in [7, 11) is 0. The minimum absolute atomic E-state index is 0.0714. The van der Waals surface area contributed by atoms with Crippen LogP contribution in [0.2, 0.25) is 0 Å². The molecule has 2 aromatic rings. The number of nitrogens with one attached hydrogen (secondary N) is 3. The molecule has 188 valence electrons.